The number of sulfonamides is 1. The number of nitrogens with one attached hydrogen (secondary N) is 1. The van der Waals surface area contributed by atoms with Crippen LogP contribution in [-0.2, 0) is 26.2 Å². The number of aryl methyl sites for hydroxylation is 1. The van der Waals surface area contributed by atoms with Gasteiger partial charge in [0.25, 0.3) is 10.0 Å². The second-order valence-electron chi connectivity index (χ2n) is 8.75. The first-order valence-corrected chi connectivity index (χ1v) is 14.4. The standard InChI is InChI=1S/C28H31Cl2N3O4S/c1-4-25(28(35)31-5-2)32(18-21-13-11-20(3)12-14-21)27(34)19-33(26-17-22(29)15-16-24(26)30)38(36,37)23-9-7-6-8-10-23/h6-17,25H,4-5,18-19H2,1-3H3,(H,31,35). The van der Waals surface area contributed by atoms with E-state index in [1.807, 2.05) is 38.1 Å². The Kier molecular flexibility index (Phi) is 10.2. The molecule has 0 aliphatic carbocycles. The molecule has 1 atom stereocenters. The van der Waals surface area contributed by atoms with E-state index >= 15 is 0 Å². The number of amides is 2. The van der Waals surface area contributed by atoms with Gasteiger partial charge in [0.15, 0.2) is 0 Å². The van der Waals surface area contributed by atoms with Crippen LogP contribution < -0.4 is 9.62 Å². The molecule has 0 saturated heterocycles. The molecule has 3 aromatic carbocycles. The number of likely N-dealkylation sites (N-methyl/N-ethyl adjacent to an activating group) is 1. The Morgan fingerprint density at radius 3 is 2.21 bits per heavy atom. The van der Waals surface area contributed by atoms with Crippen LogP contribution >= 0.6 is 23.2 Å². The Labute approximate surface area is 234 Å². The van der Waals surface area contributed by atoms with Gasteiger partial charge in [0.1, 0.15) is 12.6 Å². The molecule has 0 bridgehead atoms. The molecule has 0 spiro atoms. The van der Waals surface area contributed by atoms with E-state index in [1.165, 1.54) is 35.2 Å². The van der Waals surface area contributed by atoms with Gasteiger partial charge in [0, 0.05) is 18.1 Å². The predicted molar refractivity (Wildman–Crippen MR) is 152 cm³/mol. The highest BCUT2D eigenvalue weighted by Crippen LogP contribution is 2.33. The van der Waals surface area contributed by atoms with Gasteiger partial charge in [-0.2, -0.15) is 0 Å². The van der Waals surface area contributed by atoms with E-state index in [1.54, 1.807) is 25.1 Å². The molecule has 0 heterocycles. The highest BCUT2D eigenvalue weighted by Gasteiger charge is 2.34. The Hall–Kier alpha value is -3.07. The van der Waals surface area contributed by atoms with Crippen LogP contribution in [0.5, 0.6) is 0 Å². The van der Waals surface area contributed by atoms with Gasteiger partial charge >= 0.3 is 0 Å². The maximum Gasteiger partial charge on any atom is 0.264 e. The number of hydrogen-bond donors (Lipinski definition) is 1. The van der Waals surface area contributed by atoms with Crippen molar-refractivity contribution < 1.29 is 18.0 Å². The van der Waals surface area contributed by atoms with Crippen LogP contribution in [0.25, 0.3) is 0 Å². The van der Waals surface area contributed by atoms with E-state index in [4.69, 9.17) is 23.2 Å². The van der Waals surface area contributed by atoms with Gasteiger partial charge in [0.2, 0.25) is 11.8 Å². The molecular weight excluding hydrogens is 545 g/mol. The Morgan fingerprint density at radius 1 is 0.947 bits per heavy atom. The topological polar surface area (TPSA) is 86.8 Å². The van der Waals surface area contributed by atoms with Gasteiger partial charge in [-0.3, -0.25) is 13.9 Å². The first kappa shape index (κ1) is 29.5. The molecule has 1 N–H and O–H groups in total. The van der Waals surface area contributed by atoms with E-state index in [0.29, 0.717) is 13.0 Å². The highest BCUT2D eigenvalue weighted by atomic mass is 35.5. The Bertz CT molecular complexity index is 1370. The number of halogens is 2. The summed E-state index contributed by atoms with van der Waals surface area (Å²) in [4.78, 5) is 28.3. The van der Waals surface area contributed by atoms with Crippen molar-refractivity contribution in [1.29, 1.82) is 0 Å². The van der Waals surface area contributed by atoms with Crippen molar-refractivity contribution in [3.8, 4) is 0 Å². The lowest BCUT2D eigenvalue weighted by atomic mass is 10.1. The van der Waals surface area contributed by atoms with Crippen LogP contribution in [0.15, 0.2) is 77.7 Å². The molecular formula is C28H31Cl2N3O4S. The molecule has 38 heavy (non-hydrogen) atoms. The summed E-state index contributed by atoms with van der Waals surface area (Å²) in [5.74, 6) is -0.868. The quantitative estimate of drug-likeness (QED) is 0.330. The number of hydrogen-bond acceptors (Lipinski definition) is 4. The smallest absolute Gasteiger partial charge is 0.264 e. The van der Waals surface area contributed by atoms with Crippen molar-refractivity contribution in [2.24, 2.45) is 0 Å². The molecule has 7 nitrogen and oxygen atoms in total. The lowest BCUT2D eigenvalue weighted by Crippen LogP contribution is -2.52. The summed E-state index contributed by atoms with van der Waals surface area (Å²) in [5.41, 5.74) is 1.93. The summed E-state index contributed by atoms with van der Waals surface area (Å²) in [6, 6.07) is 19.0. The van der Waals surface area contributed by atoms with E-state index in [-0.39, 0.29) is 33.1 Å². The summed E-state index contributed by atoms with van der Waals surface area (Å²) in [7, 11) is -4.22. The third kappa shape index (κ3) is 7.07. The minimum Gasteiger partial charge on any atom is -0.355 e. The van der Waals surface area contributed by atoms with Crippen LogP contribution in [-0.4, -0.2) is 44.3 Å². The molecule has 0 aliphatic rings. The van der Waals surface area contributed by atoms with E-state index < -0.39 is 28.5 Å². The summed E-state index contributed by atoms with van der Waals surface area (Å²) in [6.45, 7) is 5.50. The van der Waals surface area contributed by atoms with Gasteiger partial charge in [-0.15, -0.1) is 0 Å². The summed E-state index contributed by atoms with van der Waals surface area (Å²) < 4.78 is 28.6. The zero-order valence-electron chi connectivity index (χ0n) is 21.5. The molecule has 0 saturated carbocycles. The Balaban J connectivity index is 2.08. The summed E-state index contributed by atoms with van der Waals surface area (Å²) >= 11 is 12.6. The monoisotopic (exact) mass is 575 g/mol. The fourth-order valence-electron chi connectivity index (χ4n) is 4.01. The normalized spacial score (nSPS) is 12.0. The lowest BCUT2D eigenvalue weighted by molar-refractivity contribution is -0.140. The highest BCUT2D eigenvalue weighted by molar-refractivity contribution is 7.92. The molecule has 3 aromatic rings. The average molecular weight is 577 g/mol. The van der Waals surface area contributed by atoms with Gasteiger partial charge in [-0.25, -0.2) is 8.42 Å². The minimum atomic E-state index is -4.22. The fraction of sp³-hybridized carbons (Fsp3) is 0.286. The van der Waals surface area contributed by atoms with Crippen LogP contribution in [0, 0.1) is 6.92 Å². The molecule has 10 heteroatoms. The van der Waals surface area contributed by atoms with E-state index in [2.05, 4.69) is 5.32 Å². The SMILES string of the molecule is CCNC(=O)C(CC)N(Cc1ccc(C)cc1)C(=O)CN(c1cc(Cl)ccc1Cl)S(=O)(=O)c1ccccc1. The average Bonchev–Trinajstić information content (AvgIpc) is 2.90. The minimum absolute atomic E-state index is 0.00954. The van der Waals surface area contributed by atoms with Crippen molar-refractivity contribution in [1.82, 2.24) is 10.2 Å². The molecule has 2 amide bonds. The maximum absolute atomic E-state index is 13.9. The second-order valence-corrected chi connectivity index (χ2v) is 11.5. The number of carbonyl (C=O) groups is 2. The van der Waals surface area contributed by atoms with Gasteiger partial charge < -0.3 is 10.2 Å². The number of benzene rings is 3. The molecule has 202 valence electrons. The number of nitrogens with zero attached hydrogens (tertiary/aromatic N) is 2. The number of rotatable bonds is 11. The van der Waals surface area contributed by atoms with Crippen molar-refractivity contribution in [2.45, 2.75) is 44.7 Å². The van der Waals surface area contributed by atoms with Crippen LogP contribution in [0.4, 0.5) is 5.69 Å². The number of carbonyl (C=O) groups excluding carboxylic acids is 2. The van der Waals surface area contributed by atoms with Crippen molar-refractivity contribution in [3.05, 3.63) is 94.0 Å². The summed E-state index contributed by atoms with van der Waals surface area (Å²) in [5, 5.41) is 3.15. The van der Waals surface area contributed by atoms with Crippen LogP contribution in [0.2, 0.25) is 10.0 Å². The summed E-state index contributed by atoms with van der Waals surface area (Å²) in [6.07, 6.45) is 0.340. The van der Waals surface area contributed by atoms with Crippen molar-refractivity contribution in [3.63, 3.8) is 0 Å². The first-order valence-electron chi connectivity index (χ1n) is 12.2. The molecule has 0 aliphatic heterocycles. The van der Waals surface area contributed by atoms with Gasteiger partial charge in [0.05, 0.1) is 15.6 Å². The zero-order chi connectivity index (χ0) is 27.9. The molecule has 0 aromatic heterocycles. The zero-order valence-corrected chi connectivity index (χ0v) is 23.9. The largest absolute Gasteiger partial charge is 0.355 e. The molecule has 3 rings (SSSR count). The van der Waals surface area contributed by atoms with Gasteiger partial charge in [-0.05, 0) is 56.2 Å². The first-order chi connectivity index (χ1) is 18.1. The van der Waals surface area contributed by atoms with Crippen molar-refractivity contribution >= 4 is 50.7 Å². The lowest BCUT2D eigenvalue weighted by Gasteiger charge is -2.33. The molecule has 0 fully saturated rings. The van der Waals surface area contributed by atoms with E-state index in [9.17, 15) is 18.0 Å². The molecule has 1 unspecified atom stereocenters. The van der Waals surface area contributed by atoms with Crippen molar-refractivity contribution in [2.75, 3.05) is 17.4 Å². The van der Waals surface area contributed by atoms with E-state index in [0.717, 1.165) is 15.4 Å². The predicted octanol–water partition coefficient (Wildman–Crippen LogP) is 5.44. The third-order valence-corrected chi connectivity index (χ3v) is 8.33. The fourth-order valence-corrected chi connectivity index (χ4v) is 5.89. The van der Waals surface area contributed by atoms with Crippen LogP contribution in [0.3, 0.4) is 0 Å². The molecule has 0 radical (unpaired) electrons. The second kappa shape index (κ2) is 13.1. The number of anilines is 1. The third-order valence-electron chi connectivity index (χ3n) is 6.00. The Morgan fingerprint density at radius 2 is 1.61 bits per heavy atom. The van der Waals surface area contributed by atoms with Gasteiger partial charge in [-0.1, -0.05) is 78.2 Å². The van der Waals surface area contributed by atoms with Crippen LogP contribution in [0.1, 0.15) is 31.4 Å². The maximum atomic E-state index is 13.9.